The molecule has 0 aromatic carbocycles. The van der Waals surface area contributed by atoms with E-state index < -0.39 is 0 Å². The van der Waals surface area contributed by atoms with Gasteiger partial charge in [0.05, 0.1) is 5.75 Å². The zero-order valence-corrected chi connectivity index (χ0v) is 11.0. The summed E-state index contributed by atoms with van der Waals surface area (Å²) in [6, 6.07) is 1.47. The minimum Gasteiger partial charge on any atom is -0.363 e. The van der Waals surface area contributed by atoms with E-state index in [9.17, 15) is 4.79 Å². The molecule has 0 atom stereocenters. The summed E-state index contributed by atoms with van der Waals surface area (Å²) in [4.78, 5) is 18.1. The summed E-state index contributed by atoms with van der Waals surface area (Å²) in [5.74, 6) is 0.645. The maximum absolute atomic E-state index is 11.2. The molecule has 0 saturated heterocycles. The number of hydrogen-bond donors (Lipinski definition) is 2. The fourth-order valence-corrected chi connectivity index (χ4v) is 2.76. The van der Waals surface area contributed by atoms with E-state index in [2.05, 4.69) is 25.5 Å². The Hall–Kier alpha value is -1.41. The molecule has 0 saturated carbocycles. The molecule has 6 nitrogen and oxygen atoms in total. The van der Waals surface area contributed by atoms with E-state index in [0.29, 0.717) is 16.6 Å². The van der Waals surface area contributed by atoms with Crippen LogP contribution in [0.25, 0.3) is 0 Å². The summed E-state index contributed by atoms with van der Waals surface area (Å²) in [6.07, 6.45) is 0. The van der Waals surface area contributed by atoms with Gasteiger partial charge >= 0.3 is 0 Å². The van der Waals surface area contributed by atoms with E-state index in [-0.39, 0.29) is 5.56 Å². The minimum absolute atomic E-state index is 0.131. The Kier molecular flexibility index (Phi) is 3.75. The number of aromatic nitrogens is 4. The molecule has 0 aliphatic heterocycles. The molecule has 0 bridgehead atoms. The second-order valence-corrected chi connectivity index (χ2v) is 5.26. The number of hydrogen-bond acceptors (Lipinski definition) is 7. The first-order valence-corrected chi connectivity index (χ1v) is 6.68. The van der Waals surface area contributed by atoms with Crippen LogP contribution in [0.5, 0.6) is 0 Å². The van der Waals surface area contributed by atoms with Crippen molar-refractivity contribution < 1.29 is 0 Å². The van der Waals surface area contributed by atoms with Crippen molar-refractivity contribution in [3.05, 3.63) is 27.1 Å². The highest BCUT2D eigenvalue weighted by molar-refractivity contribution is 7.98. The molecule has 0 fully saturated rings. The molecule has 0 amide bonds. The maximum atomic E-state index is 11.2. The molecular formula is C9H11N5OS2. The predicted molar refractivity (Wildman–Crippen MR) is 68.6 cm³/mol. The molecule has 2 aromatic rings. The average Bonchev–Trinajstić information content (AvgIpc) is 2.73. The van der Waals surface area contributed by atoms with Crippen LogP contribution in [0.3, 0.4) is 0 Å². The quantitative estimate of drug-likeness (QED) is 0.642. The zero-order chi connectivity index (χ0) is 12.3. The van der Waals surface area contributed by atoms with Gasteiger partial charge in [-0.25, -0.2) is 4.98 Å². The van der Waals surface area contributed by atoms with Crippen molar-refractivity contribution in [3.63, 3.8) is 0 Å². The first-order chi connectivity index (χ1) is 8.17. The van der Waals surface area contributed by atoms with Crippen LogP contribution >= 0.6 is 23.1 Å². The van der Waals surface area contributed by atoms with E-state index >= 15 is 0 Å². The van der Waals surface area contributed by atoms with E-state index in [1.807, 2.05) is 0 Å². The maximum Gasteiger partial charge on any atom is 0.251 e. The van der Waals surface area contributed by atoms with Crippen molar-refractivity contribution in [1.82, 2.24) is 20.2 Å². The molecule has 0 aliphatic carbocycles. The predicted octanol–water partition coefficient (Wildman–Crippen LogP) is 1.26. The summed E-state index contributed by atoms with van der Waals surface area (Å²) in [7, 11) is 1.80. The van der Waals surface area contributed by atoms with Gasteiger partial charge in [0.25, 0.3) is 5.56 Å². The summed E-state index contributed by atoms with van der Waals surface area (Å²) in [5.41, 5.74) is 0.581. The SMILES string of the molecule is CNc1nnc(CSc2nc(C)cc(=O)[nH]2)s1. The highest BCUT2D eigenvalue weighted by Gasteiger charge is 2.05. The third kappa shape index (κ3) is 3.27. The number of thioether (sulfide) groups is 1. The van der Waals surface area contributed by atoms with Crippen LogP contribution in [0.2, 0.25) is 0 Å². The van der Waals surface area contributed by atoms with Gasteiger partial charge in [-0.1, -0.05) is 23.1 Å². The topological polar surface area (TPSA) is 83.6 Å². The number of rotatable bonds is 4. The third-order valence-electron chi connectivity index (χ3n) is 1.86. The molecule has 0 aliphatic rings. The highest BCUT2D eigenvalue weighted by Crippen LogP contribution is 2.22. The van der Waals surface area contributed by atoms with E-state index in [1.165, 1.54) is 29.2 Å². The first kappa shape index (κ1) is 12.1. The van der Waals surface area contributed by atoms with Crippen LogP contribution in [-0.4, -0.2) is 27.2 Å². The van der Waals surface area contributed by atoms with Crippen molar-refractivity contribution in [2.24, 2.45) is 0 Å². The second kappa shape index (κ2) is 5.28. The van der Waals surface area contributed by atoms with Crippen molar-refractivity contribution >= 4 is 28.2 Å². The lowest BCUT2D eigenvalue weighted by Crippen LogP contribution is -2.07. The average molecular weight is 269 g/mol. The molecule has 2 N–H and O–H groups in total. The van der Waals surface area contributed by atoms with E-state index in [1.54, 1.807) is 14.0 Å². The molecule has 0 spiro atoms. The van der Waals surface area contributed by atoms with Gasteiger partial charge in [-0.15, -0.1) is 10.2 Å². The number of anilines is 1. The van der Waals surface area contributed by atoms with Crippen LogP contribution < -0.4 is 10.9 Å². The molecule has 2 rings (SSSR count). The number of H-pyrrole nitrogens is 1. The fourth-order valence-electron chi connectivity index (χ4n) is 1.16. The Morgan fingerprint density at radius 1 is 1.53 bits per heavy atom. The minimum atomic E-state index is -0.131. The standard InChI is InChI=1S/C9H11N5OS2/c1-5-3-6(15)12-9(11-5)16-4-7-13-14-8(10-2)17-7/h3H,4H2,1-2H3,(H,10,14)(H,11,12,15). The van der Waals surface area contributed by atoms with Crippen molar-refractivity contribution in [2.75, 3.05) is 12.4 Å². The monoisotopic (exact) mass is 269 g/mol. The lowest BCUT2D eigenvalue weighted by atomic mass is 10.5. The van der Waals surface area contributed by atoms with Crippen LogP contribution in [0.1, 0.15) is 10.7 Å². The van der Waals surface area contributed by atoms with E-state index in [0.717, 1.165) is 10.1 Å². The van der Waals surface area contributed by atoms with Gasteiger partial charge in [0.15, 0.2) is 5.16 Å². The number of aromatic amines is 1. The Balaban J connectivity index is 2.04. The van der Waals surface area contributed by atoms with Crippen LogP contribution in [-0.2, 0) is 5.75 Å². The van der Waals surface area contributed by atoms with E-state index in [4.69, 9.17) is 0 Å². The summed E-state index contributed by atoms with van der Waals surface area (Å²) in [6.45, 7) is 1.79. The summed E-state index contributed by atoms with van der Waals surface area (Å²) in [5, 5.41) is 13.2. The van der Waals surface area contributed by atoms with Gasteiger partial charge in [0.1, 0.15) is 5.01 Å². The van der Waals surface area contributed by atoms with Gasteiger partial charge < -0.3 is 10.3 Å². The Morgan fingerprint density at radius 3 is 3.00 bits per heavy atom. The molecule has 90 valence electrons. The van der Waals surface area contributed by atoms with Gasteiger partial charge in [0, 0.05) is 18.8 Å². The number of aryl methyl sites for hydroxylation is 1. The number of nitrogens with one attached hydrogen (secondary N) is 2. The molecule has 2 aromatic heterocycles. The van der Waals surface area contributed by atoms with Crippen molar-refractivity contribution in [1.29, 1.82) is 0 Å². The van der Waals surface area contributed by atoms with Gasteiger partial charge in [-0.3, -0.25) is 4.79 Å². The highest BCUT2D eigenvalue weighted by atomic mass is 32.2. The molecule has 17 heavy (non-hydrogen) atoms. The van der Waals surface area contributed by atoms with Crippen LogP contribution in [0, 0.1) is 6.92 Å². The molecule has 8 heteroatoms. The first-order valence-electron chi connectivity index (χ1n) is 4.88. The summed E-state index contributed by atoms with van der Waals surface area (Å²) >= 11 is 2.93. The normalized spacial score (nSPS) is 10.5. The van der Waals surface area contributed by atoms with Crippen LogP contribution in [0.15, 0.2) is 16.0 Å². The van der Waals surface area contributed by atoms with Crippen molar-refractivity contribution in [3.8, 4) is 0 Å². The van der Waals surface area contributed by atoms with Crippen molar-refractivity contribution in [2.45, 2.75) is 17.8 Å². The van der Waals surface area contributed by atoms with Crippen LogP contribution in [0.4, 0.5) is 5.13 Å². The Bertz CT molecular complexity index is 565. The zero-order valence-electron chi connectivity index (χ0n) is 9.35. The van der Waals surface area contributed by atoms with Gasteiger partial charge in [0.2, 0.25) is 5.13 Å². The number of nitrogens with zero attached hydrogens (tertiary/aromatic N) is 3. The lowest BCUT2D eigenvalue weighted by molar-refractivity contribution is 0.904. The molecule has 2 heterocycles. The summed E-state index contributed by atoms with van der Waals surface area (Å²) < 4.78 is 0. The molecule has 0 unspecified atom stereocenters. The van der Waals surface area contributed by atoms with Gasteiger partial charge in [-0.2, -0.15) is 0 Å². The second-order valence-electron chi connectivity index (χ2n) is 3.23. The lowest BCUT2D eigenvalue weighted by Gasteiger charge is -1.98. The molecule has 0 radical (unpaired) electrons. The van der Waals surface area contributed by atoms with Gasteiger partial charge in [-0.05, 0) is 6.92 Å². The smallest absolute Gasteiger partial charge is 0.251 e. The fraction of sp³-hybridized carbons (Fsp3) is 0.333. The largest absolute Gasteiger partial charge is 0.363 e. The molecular weight excluding hydrogens is 258 g/mol. The Labute approximate surface area is 106 Å². The third-order valence-corrected chi connectivity index (χ3v) is 3.87. The Morgan fingerprint density at radius 2 is 2.35 bits per heavy atom.